The quantitative estimate of drug-likeness (QED) is 0.789. The predicted octanol–water partition coefficient (Wildman–Crippen LogP) is 3.68. The van der Waals surface area contributed by atoms with Gasteiger partial charge in [-0.2, -0.15) is 0 Å². The van der Waals surface area contributed by atoms with Gasteiger partial charge < -0.3 is 15.1 Å². The Kier molecular flexibility index (Phi) is 6.93. The molecule has 0 unspecified atom stereocenters. The van der Waals surface area contributed by atoms with E-state index >= 15 is 0 Å². The van der Waals surface area contributed by atoms with Crippen molar-refractivity contribution in [2.75, 3.05) is 31.1 Å². The summed E-state index contributed by atoms with van der Waals surface area (Å²) >= 11 is 0. The summed E-state index contributed by atoms with van der Waals surface area (Å²) in [6.45, 7) is 10.1. The van der Waals surface area contributed by atoms with E-state index in [0.29, 0.717) is 26.2 Å². The highest BCUT2D eigenvalue weighted by molar-refractivity contribution is 5.98. The number of piperazine rings is 1. The number of nitrogens with one attached hydrogen (secondary N) is 1. The molecule has 0 spiro atoms. The standard InChI is InChI=1S/C24H29F2N3O2/c1-15(2)22(27-23(30)21-18(25)8-6-9-19(21)26)24(31)29-13-11-28(12-14-29)20-10-5-7-16(3)17(20)4/h5-10,15,22H,11-14H2,1-4H3,(H,27,30)/t22-/m0/s1. The molecule has 0 bridgehead atoms. The van der Waals surface area contributed by atoms with E-state index in [2.05, 4.69) is 36.2 Å². The maximum atomic E-state index is 14.0. The van der Waals surface area contributed by atoms with Crippen LogP contribution >= 0.6 is 0 Å². The summed E-state index contributed by atoms with van der Waals surface area (Å²) in [5.41, 5.74) is 2.94. The number of anilines is 1. The Bertz CT molecular complexity index is 949. The van der Waals surface area contributed by atoms with Crippen molar-refractivity contribution in [3.8, 4) is 0 Å². The number of nitrogens with zero attached hydrogens (tertiary/aromatic N) is 2. The van der Waals surface area contributed by atoms with Crippen molar-refractivity contribution in [3.63, 3.8) is 0 Å². The molecule has 0 saturated carbocycles. The van der Waals surface area contributed by atoms with Crippen molar-refractivity contribution in [3.05, 3.63) is 64.7 Å². The molecule has 166 valence electrons. The molecule has 2 aromatic rings. The lowest BCUT2D eigenvalue weighted by molar-refractivity contribution is -0.134. The fourth-order valence-electron chi connectivity index (χ4n) is 3.88. The van der Waals surface area contributed by atoms with Gasteiger partial charge in [-0.3, -0.25) is 9.59 Å². The maximum absolute atomic E-state index is 14.0. The molecule has 3 rings (SSSR count). The number of carbonyl (C=O) groups is 2. The number of halogens is 2. The van der Waals surface area contributed by atoms with Crippen LogP contribution in [0, 0.1) is 31.4 Å². The minimum atomic E-state index is -0.949. The molecule has 1 atom stereocenters. The zero-order valence-electron chi connectivity index (χ0n) is 18.4. The number of benzene rings is 2. The molecule has 2 amide bonds. The lowest BCUT2D eigenvalue weighted by Crippen LogP contribution is -2.56. The lowest BCUT2D eigenvalue weighted by Gasteiger charge is -2.39. The van der Waals surface area contributed by atoms with Gasteiger partial charge in [-0.25, -0.2) is 8.78 Å². The number of carbonyl (C=O) groups excluding carboxylic acids is 2. The molecule has 0 radical (unpaired) electrons. The normalized spacial score (nSPS) is 15.2. The van der Waals surface area contributed by atoms with Crippen LogP contribution in [-0.4, -0.2) is 48.9 Å². The maximum Gasteiger partial charge on any atom is 0.257 e. The third-order valence-electron chi connectivity index (χ3n) is 5.92. The van der Waals surface area contributed by atoms with E-state index in [0.717, 1.165) is 17.8 Å². The van der Waals surface area contributed by atoms with Crippen LogP contribution in [0.2, 0.25) is 0 Å². The molecular weight excluding hydrogens is 400 g/mol. The van der Waals surface area contributed by atoms with Crippen LogP contribution in [0.15, 0.2) is 36.4 Å². The predicted molar refractivity (Wildman–Crippen MR) is 117 cm³/mol. The summed E-state index contributed by atoms with van der Waals surface area (Å²) in [7, 11) is 0. The average molecular weight is 430 g/mol. The highest BCUT2D eigenvalue weighted by Gasteiger charge is 2.32. The Morgan fingerprint density at radius 2 is 1.52 bits per heavy atom. The van der Waals surface area contributed by atoms with E-state index < -0.39 is 29.1 Å². The van der Waals surface area contributed by atoms with Crippen molar-refractivity contribution in [1.29, 1.82) is 0 Å². The van der Waals surface area contributed by atoms with Crippen molar-refractivity contribution in [2.45, 2.75) is 33.7 Å². The van der Waals surface area contributed by atoms with Gasteiger partial charge >= 0.3 is 0 Å². The Balaban J connectivity index is 1.69. The Morgan fingerprint density at radius 1 is 0.935 bits per heavy atom. The first-order chi connectivity index (χ1) is 14.7. The molecule has 1 aliphatic rings. The summed E-state index contributed by atoms with van der Waals surface area (Å²) in [6.07, 6.45) is 0. The van der Waals surface area contributed by atoms with Gasteiger partial charge in [0.15, 0.2) is 0 Å². The van der Waals surface area contributed by atoms with E-state index in [1.54, 1.807) is 18.7 Å². The van der Waals surface area contributed by atoms with Crippen molar-refractivity contribution in [2.24, 2.45) is 5.92 Å². The van der Waals surface area contributed by atoms with Crippen molar-refractivity contribution < 1.29 is 18.4 Å². The molecule has 0 aliphatic carbocycles. The van der Waals surface area contributed by atoms with Gasteiger partial charge in [0, 0.05) is 31.9 Å². The first-order valence-corrected chi connectivity index (χ1v) is 10.6. The molecule has 1 saturated heterocycles. The number of rotatable bonds is 5. The third-order valence-corrected chi connectivity index (χ3v) is 5.92. The molecule has 7 heteroatoms. The summed E-state index contributed by atoms with van der Waals surface area (Å²) in [4.78, 5) is 29.6. The van der Waals surface area contributed by atoms with Crippen LogP contribution in [-0.2, 0) is 4.79 Å². The second-order valence-electron chi connectivity index (χ2n) is 8.32. The number of hydrogen-bond acceptors (Lipinski definition) is 3. The van der Waals surface area contributed by atoms with E-state index in [9.17, 15) is 18.4 Å². The topological polar surface area (TPSA) is 52.6 Å². The van der Waals surface area contributed by atoms with Gasteiger partial charge in [0.2, 0.25) is 5.91 Å². The van der Waals surface area contributed by atoms with E-state index in [4.69, 9.17) is 0 Å². The van der Waals surface area contributed by atoms with Gasteiger partial charge in [-0.1, -0.05) is 32.0 Å². The monoisotopic (exact) mass is 429 g/mol. The zero-order chi connectivity index (χ0) is 22.7. The first-order valence-electron chi connectivity index (χ1n) is 10.6. The van der Waals surface area contributed by atoms with Crippen LogP contribution in [0.1, 0.15) is 35.3 Å². The highest BCUT2D eigenvalue weighted by Crippen LogP contribution is 2.24. The molecule has 31 heavy (non-hydrogen) atoms. The van der Waals surface area contributed by atoms with Crippen LogP contribution in [0.25, 0.3) is 0 Å². The largest absolute Gasteiger partial charge is 0.368 e. The average Bonchev–Trinajstić information content (AvgIpc) is 2.73. The van der Waals surface area contributed by atoms with Crippen molar-refractivity contribution >= 4 is 17.5 Å². The van der Waals surface area contributed by atoms with Gasteiger partial charge in [-0.05, 0) is 49.1 Å². The first kappa shape index (κ1) is 22.7. The molecule has 1 N–H and O–H groups in total. The molecule has 1 aliphatic heterocycles. The molecular formula is C24H29F2N3O2. The fraction of sp³-hybridized carbons (Fsp3) is 0.417. The highest BCUT2D eigenvalue weighted by atomic mass is 19.1. The van der Waals surface area contributed by atoms with Gasteiger partial charge in [0.25, 0.3) is 5.91 Å². The van der Waals surface area contributed by atoms with E-state index in [1.165, 1.54) is 17.2 Å². The summed E-state index contributed by atoms with van der Waals surface area (Å²) in [5.74, 6) is -3.29. The van der Waals surface area contributed by atoms with E-state index in [1.807, 2.05) is 6.07 Å². The van der Waals surface area contributed by atoms with Crippen LogP contribution in [0.3, 0.4) is 0 Å². The van der Waals surface area contributed by atoms with Gasteiger partial charge in [0.1, 0.15) is 23.2 Å². The lowest BCUT2D eigenvalue weighted by atomic mass is 10.0. The van der Waals surface area contributed by atoms with Crippen molar-refractivity contribution in [1.82, 2.24) is 10.2 Å². The summed E-state index contributed by atoms with van der Waals surface area (Å²) in [5, 5.41) is 2.55. The Labute approximate surface area is 182 Å². The summed E-state index contributed by atoms with van der Waals surface area (Å²) < 4.78 is 27.9. The number of amides is 2. The Hall–Kier alpha value is -2.96. The number of hydrogen-bond donors (Lipinski definition) is 1. The second-order valence-corrected chi connectivity index (χ2v) is 8.32. The third kappa shape index (κ3) is 4.86. The minimum absolute atomic E-state index is 0.233. The minimum Gasteiger partial charge on any atom is -0.368 e. The fourth-order valence-corrected chi connectivity index (χ4v) is 3.88. The molecule has 5 nitrogen and oxygen atoms in total. The number of aryl methyl sites for hydroxylation is 1. The van der Waals surface area contributed by atoms with Crippen LogP contribution < -0.4 is 10.2 Å². The van der Waals surface area contributed by atoms with Gasteiger partial charge in [0.05, 0.1) is 0 Å². The zero-order valence-corrected chi connectivity index (χ0v) is 18.4. The SMILES string of the molecule is Cc1cccc(N2CCN(C(=O)[C@@H](NC(=O)c3c(F)cccc3F)C(C)C)CC2)c1C. The van der Waals surface area contributed by atoms with Crippen LogP contribution in [0.5, 0.6) is 0 Å². The van der Waals surface area contributed by atoms with Gasteiger partial charge in [-0.15, -0.1) is 0 Å². The van der Waals surface area contributed by atoms with Crippen LogP contribution in [0.4, 0.5) is 14.5 Å². The second kappa shape index (κ2) is 9.45. The Morgan fingerprint density at radius 3 is 2.10 bits per heavy atom. The molecule has 1 fully saturated rings. The molecule has 0 aromatic heterocycles. The molecule has 2 aromatic carbocycles. The molecule has 1 heterocycles. The summed E-state index contributed by atoms with van der Waals surface area (Å²) in [6, 6.07) is 8.57. The van der Waals surface area contributed by atoms with E-state index in [-0.39, 0.29) is 11.8 Å². The smallest absolute Gasteiger partial charge is 0.257 e.